The van der Waals surface area contributed by atoms with Gasteiger partial charge in [0.15, 0.2) is 5.65 Å². The topological polar surface area (TPSA) is 30.2 Å². The highest BCUT2D eigenvalue weighted by Crippen LogP contribution is 2.33. The predicted molar refractivity (Wildman–Crippen MR) is 81.3 cm³/mol. The molecule has 7 heteroatoms. The molecular weight excluding hydrogens is 369 g/mol. The van der Waals surface area contributed by atoms with Gasteiger partial charge in [-0.25, -0.2) is 9.97 Å². The molecule has 0 atom stereocenters. The van der Waals surface area contributed by atoms with Crippen LogP contribution in [-0.2, 0) is 0 Å². The number of benzene rings is 1. The van der Waals surface area contributed by atoms with Gasteiger partial charge in [-0.15, -0.1) is 0 Å². The lowest BCUT2D eigenvalue weighted by atomic mass is 10.4. The minimum absolute atomic E-state index is 0.529. The summed E-state index contributed by atoms with van der Waals surface area (Å²) < 4.78 is 2.66. The van der Waals surface area contributed by atoms with Gasteiger partial charge in [0.25, 0.3) is 0 Å². The first kappa shape index (κ1) is 13.2. The van der Waals surface area contributed by atoms with Gasteiger partial charge in [0, 0.05) is 23.5 Å². The van der Waals surface area contributed by atoms with Crippen LogP contribution in [0.25, 0.3) is 5.65 Å². The zero-order valence-corrected chi connectivity index (χ0v) is 13.3. The van der Waals surface area contributed by atoms with Crippen molar-refractivity contribution < 1.29 is 0 Å². The van der Waals surface area contributed by atoms with E-state index in [-0.39, 0.29) is 0 Å². The second kappa shape index (κ2) is 5.32. The van der Waals surface area contributed by atoms with E-state index >= 15 is 0 Å². The third-order valence-corrected chi connectivity index (χ3v) is 4.50. The Kier molecular flexibility index (Phi) is 3.71. The van der Waals surface area contributed by atoms with Gasteiger partial charge in [-0.1, -0.05) is 35.0 Å². The number of rotatable bonds is 2. The van der Waals surface area contributed by atoms with E-state index in [0.29, 0.717) is 10.0 Å². The Labute approximate surface area is 132 Å². The van der Waals surface area contributed by atoms with Crippen molar-refractivity contribution in [3.63, 3.8) is 0 Å². The van der Waals surface area contributed by atoms with Gasteiger partial charge < -0.3 is 4.40 Å². The molecule has 96 valence electrons. The fraction of sp³-hybridized carbons (Fsp3) is 0. The summed E-state index contributed by atoms with van der Waals surface area (Å²) in [6, 6.07) is 5.49. The number of aromatic nitrogens is 3. The number of halogens is 3. The number of nitrogens with zero attached hydrogens (tertiary/aromatic N) is 3. The molecule has 0 spiro atoms. The fourth-order valence-corrected chi connectivity index (χ4v) is 3.40. The summed E-state index contributed by atoms with van der Waals surface area (Å²) in [6.07, 6.45) is 5.48. The van der Waals surface area contributed by atoms with Crippen molar-refractivity contribution >= 4 is 56.5 Å². The summed E-state index contributed by atoms with van der Waals surface area (Å²) in [7, 11) is 0. The summed E-state index contributed by atoms with van der Waals surface area (Å²) in [4.78, 5) is 9.70. The molecule has 0 fully saturated rings. The van der Waals surface area contributed by atoms with Crippen LogP contribution in [0.5, 0.6) is 0 Å². The van der Waals surface area contributed by atoms with Crippen molar-refractivity contribution in [3.8, 4) is 0 Å². The van der Waals surface area contributed by atoms with Gasteiger partial charge in [0.2, 0.25) is 0 Å². The Hall–Kier alpha value is -0.750. The molecule has 0 radical (unpaired) electrons. The van der Waals surface area contributed by atoms with Crippen LogP contribution in [0, 0.1) is 0 Å². The van der Waals surface area contributed by atoms with Crippen LogP contribution in [0.3, 0.4) is 0 Å². The Bertz CT molecular complexity index is 760. The second-order valence-corrected chi connectivity index (χ2v) is 6.39. The molecule has 2 aromatic heterocycles. The van der Waals surface area contributed by atoms with Crippen molar-refractivity contribution in [2.45, 2.75) is 9.92 Å². The molecule has 0 aliphatic rings. The molecule has 3 aromatic rings. The van der Waals surface area contributed by atoms with Crippen molar-refractivity contribution in [1.82, 2.24) is 14.4 Å². The summed E-state index contributed by atoms with van der Waals surface area (Å²) in [6.45, 7) is 0. The average molecular weight is 375 g/mol. The van der Waals surface area contributed by atoms with E-state index in [1.165, 1.54) is 11.8 Å². The first-order chi connectivity index (χ1) is 9.13. The van der Waals surface area contributed by atoms with Crippen LogP contribution in [0.1, 0.15) is 0 Å². The maximum atomic E-state index is 6.01. The molecule has 0 amide bonds. The molecule has 0 saturated heterocycles. The molecular formula is C12H6BrCl2N3S. The van der Waals surface area contributed by atoms with E-state index in [1.54, 1.807) is 12.3 Å². The van der Waals surface area contributed by atoms with Crippen LogP contribution in [-0.4, -0.2) is 14.4 Å². The highest BCUT2D eigenvalue weighted by Gasteiger charge is 2.09. The number of fused-ring (bicyclic) bond motifs is 1. The van der Waals surface area contributed by atoms with Crippen LogP contribution < -0.4 is 0 Å². The molecule has 1 aromatic carbocycles. The van der Waals surface area contributed by atoms with E-state index in [1.807, 2.05) is 28.9 Å². The molecule has 19 heavy (non-hydrogen) atoms. The van der Waals surface area contributed by atoms with E-state index < -0.39 is 0 Å². The molecule has 0 saturated carbocycles. The monoisotopic (exact) mass is 373 g/mol. The third-order valence-electron chi connectivity index (χ3n) is 2.42. The zero-order chi connectivity index (χ0) is 13.4. The van der Waals surface area contributed by atoms with Gasteiger partial charge in [0.1, 0.15) is 9.63 Å². The lowest BCUT2D eigenvalue weighted by molar-refractivity contribution is 1.01. The molecule has 0 unspecified atom stereocenters. The number of imidazole rings is 1. The third kappa shape index (κ3) is 2.74. The zero-order valence-electron chi connectivity index (χ0n) is 9.35. The van der Waals surface area contributed by atoms with E-state index in [9.17, 15) is 0 Å². The van der Waals surface area contributed by atoms with Crippen LogP contribution >= 0.6 is 50.9 Å². The van der Waals surface area contributed by atoms with Crippen LogP contribution in [0.4, 0.5) is 0 Å². The molecule has 3 nitrogen and oxygen atoms in total. The largest absolute Gasteiger partial charge is 0.302 e. The molecule has 0 aliphatic carbocycles. The molecule has 0 N–H and O–H groups in total. The summed E-state index contributed by atoms with van der Waals surface area (Å²) in [5.74, 6) is 0. The highest BCUT2D eigenvalue weighted by molar-refractivity contribution is 9.10. The maximum Gasteiger partial charge on any atom is 0.170 e. The van der Waals surface area contributed by atoms with Gasteiger partial charge in [-0.05, 0) is 34.1 Å². The lowest BCUT2D eigenvalue weighted by Crippen LogP contribution is -1.91. The summed E-state index contributed by atoms with van der Waals surface area (Å²) in [5.41, 5.74) is 0.805. The lowest BCUT2D eigenvalue weighted by Gasteiger charge is -2.05. The van der Waals surface area contributed by atoms with E-state index in [2.05, 4.69) is 25.9 Å². The normalized spacial score (nSPS) is 11.1. The summed E-state index contributed by atoms with van der Waals surface area (Å²) in [5, 5.41) is 1.87. The van der Waals surface area contributed by atoms with E-state index in [4.69, 9.17) is 23.2 Å². The number of hydrogen-bond donors (Lipinski definition) is 0. The predicted octanol–water partition coefficient (Wildman–Crippen LogP) is 4.95. The first-order valence-corrected chi connectivity index (χ1v) is 7.62. The van der Waals surface area contributed by atoms with E-state index in [0.717, 1.165) is 20.2 Å². The quantitative estimate of drug-likeness (QED) is 0.635. The Morgan fingerprint density at radius 3 is 2.84 bits per heavy atom. The molecule has 0 bridgehead atoms. The average Bonchev–Trinajstić information content (AvgIpc) is 2.82. The van der Waals surface area contributed by atoms with Crippen molar-refractivity contribution in [1.29, 1.82) is 0 Å². The smallest absolute Gasteiger partial charge is 0.170 e. The minimum Gasteiger partial charge on any atom is -0.302 e. The van der Waals surface area contributed by atoms with Gasteiger partial charge in [-0.2, -0.15) is 0 Å². The van der Waals surface area contributed by atoms with Crippen LogP contribution in [0.15, 0.2) is 51.3 Å². The Morgan fingerprint density at radius 1 is 1.21 bits per heavy atom. The van der Waals surface area contributed by atoms with Gasteiger partial charge in [0.05, 0.1) is 10.0 Å². The van der Waals surface area contributed by atoms with Gasteiger partial charge in [-0.3, -0.25) is 0 Å². The highest BCUT2D eigenvalue weighted by atomic mass is 79.9. The van der Waals surface area contributed by atoms with Crippen molar-refractivity contribution in [3.05, 3.63) is 51.4 Å². The molecule has 0 aliphatic heterocycles. The SMILES string of the molecule is Clc1ccc(Sc2nc(Br)cn3ccnc23)cc1Cl. The Morgan fingerprint density at radius 2 is 2.05 bits per heavy atom. The van der Waals surface area contributed by atoms with Crippen molar-refractivity contribution in [2.75, 3.05) is 0 Å². The Balaban J connectivity index is 2.04. The summed E-state index contributed by atoms with van der Waals surface area (Å²) >= 11 is 16.8. The maximum absolute atomic E-state index is 6.01. The second-order valence-electron chi connectivity index (χ2n) is 3.70. The standard InChI is InChI=1S/C12H6BrCl2N3S/c13-10-6-18-4-3-16-11(18)12(17-10)19-7-1-2-8(14)9(15)5-7/h1-6H. The molecule has 3 rings (SSSR count). The van der Waals surface area contributed by atoms with Crippen molar-refractivity contribution in [2.24, 2.45) is 0 Å². The van der Waals surface area contributed by atoms with Gasteiger partial charge >= 0.3 is 0 Å². The minimum atomic E-state index is 0.529. The number of hydrogen-bond acceptors (Lipinski definition) is 3. The molecule has 2 heterocycles. The van der Waals surface area contributed by atoms with Crippen LogP contribution in [0.2, 0.25) is 10.0 Å². The fourth-order valence-electron chi connectivity index (χ4n) is 1.59. The first-order valence-electron chi connectivity index (χ1n) is 5.25.